The number of nitrogens with zero attached hydrogens (tertiary/aromatic N) is 1. The van der Waals surface area contributed by atoms with Gasteiger partial charge in [0.25, 0.3) is 10.0 Å². The van der Waals surface area contributed by atoms with Gasteiger partial charge in [0.05, 0.1) is 30.4 Å². The molecule has 6 nitrogen and oxygen atoms in total. The third-order valence-corrected chi connectivity index (χ3v) is 6.76. The van der Waals surface area contributed by atoms with Crippen LogP contribution in [0.3, 0.4) is 0 Å². The molecule has 0 saturated carbocycles. The number of aliphatic hydroxyl groups is 1. The SMILES string of the molecule is CCOc1cc(C)c(S(=O)(=O)N2CCC(O)c3cc(OC)ccc32)cc1C. The molecule has 0 bridgehead atoms. The first-order chi connectivity index (χ1) is 12.8. The van der Waals surface area contributed by atoms with Crippen LogP contribution in [0, 0.1) is 13.8 Å². The molecule has 2 aromatic carbocycles. The molecule has 0 radical (unpaired) electrons. The van der Waals surface area contributed by atoms with Crippen LogP contribution in [0.5, 0.6) is 11.5 Å². The van der Waals surface area contributed by atoms with E-state index in [2.05, 4.69) is 0 Å². The topological polar surface area (TPSA) is 76.1 Å². The molecule has 1 aliphatic rings. The number of hydrogen-bond acceptors (Lipinski definition) is 5. The molecule has 0 spiro atoms. The molecule has 1 unspecified atom stereocenters. The van der Waals surface area contributed by atoms with Crippen LogP contribution in [-0.2, 0) is 10.0 Å². The Balaban J connectivity index is 2.09. The number of hydrogen-bond donors (Lipinski definition) is 1. The number of sulfonamides is 1. The Bertz CT molecular complexity index is 955. The normalized spacial score (nSPS) is 16.8. The Morgan fingerprint density at radius 1 is 1.19 bits per heavy atom. The Morgan fingerprint density at radius 2 is 1.93 bits per heavy atom. The van der Waals surface area contributed by atoms with Crippen LogP contribution in [0.2, 0.25) is 0 Å². The van der Waals surface area contributed by atoms with E-state index in [1.165, 1.54) is 11.4 Å². The Hall–Kier alpha value is -2.25. The number of aliphatic hydroxyl groups excluding tert-OH is 1. The van der Waals surface area contributed by atoms with Gasteiger partial charge < -0.3 is 14.6 Å². The molecule has 1 atom stereocenters. The summed E-state index contributed by atoms with van der Waals surface area (Å²) in [4.78, 5) is 0.251. The van der Waals surface area contributed by atoms with E-state index in [-0.39, 0.29) is 11.4 Å². The molecule has 0 aliphatic carbocycles. The second-order valence-electron chi connectivity index (χ2n) is 6.62. The second kappa shape index (κ2) is 7.40. The van der Waals surface area contributed by atoms with Crippen LogP contribution in [0.15, 0.2) is 35.2 Å². The van der Waals surface area contributed by atoms with Crippen molar-refractivity contribution < 1.29 is 23.0 Å². The van der Waals surface area contributed by atoms with Gasteiger partial charge in [0.1, 0.15) is 11.5 Å². The molecule has 0 aromatic heterocycles. The smallest absolute Gasteiger partial charge is 0.264 e. The first-order valence-corrected chi connectivity index (χ1v) is 10.4. The fourth-order valence-electron chi connectivity index (χ4n) is 3.39. The van der Waals surface area contributed by atoms with Crippen molar-refractivity contribution in [2.24, 2.45) is 0 Å². The van der Waals surface area contributed by atoms with Crippen molar-refractivity contribution in [1.82, 2.24) is 0 Å². The van der Waals surface area contributed by atoms with Gasteiger partial charge in [0.15, 0.2) is 0 Å². The van der Waals surface area contributed by atoms with Crippen LogP contribution >= 0.6 is 0 Å². The molecule has 1 N–H and O–H groups in total. The lowest BCUT2D eigenvalue weighted by Crippen LogP contribution is -2.37. The highest BCUT2D eigenvalue weighted by atomic mass is 32.2. The molecule has 1 aliphatic heterocycles. The van der Waals surface area contributed by atoms with Gasteiger partial charge in [-0.15, -0.1) is 0 Å². The van der Waals surface area contributed by atoms with E-state index in [9.17, 15) is 13.5 Å². The molecular weight excluding hydrogens is 366 g/mol. The zero-order valence-corrected chi connectivity index (χ0v) is 16.8. The van der Waals surface area contributed by atoms with Crippen LogP contribution in [0.1, 0.15) is 36.1 Å². The Morgan fingerprint density at radius 3 is 2.59 bits per heavy atom. The molecular formula is C20H25NO5S. The first-order valence-electron chi connectivity index (χ1n) is 8.92. The van der Waals surface area contributed by atoms with Gasteiger partial charge in [0.2, 0.25) is 0 Å². The third kappa shape index (κ3) is 3.49. The van der Waals surface area contributed by atoms with Crippen molar-refractivity contribution in [1.29, 1.82) is 0 Å². The zero-order valence-electron chi connectivity index (χ0n) is 16.0. The molecule has 27 heavy (non-hydrogen) atoms. The van der Waals surface area contributed by atoms with Gasteiger partial charge in [-0.05, 0) is 68.7 Å². The monoisotopic (exact) mass is 391 g/mol. The van der Waals surface area contributed by atoms with E-state index in [0.29, 0.717) is 41.3 Å². The number of benzene rings is 2. The number of fused-ring (bicyclic) bond motifs is 1. The first kappa shape index (κ1) is 19.5. The lowest BCUT2D eigenvalue weighted by Gasteiger charge is -2.33. The summed E-state index contributed by atoms with van der Waals surface area (Å²) >= 11 is 0. The van der Waals surface area contributed by atoms with Gasteiger partial charge in [-0.3, -0.25) is 4.31 Å². The van der Waals surface area contributed by atoms with Crippen LogP contribution < -0.4 is 13.8 Å². The minimum absolute atomic E-state index is 0.217. The summed E-state index contributed by atoms with van der Waals surface area (Å²) in [5, 5.41) is 10.3. The Kier molecular flexibility index (Phi) is 5.35. The van der Waals surface area contributed by atoms with E-state index in [4.69, 9.17) is 9.47 Å². The van der Waals surface area contributed by atoms with Crippen LogP contribution in [0.4, 0.5) is 5.69 Å². The predicted octanol–water partition coefficient (Wildman–Crippen LogP) is 3.34. The molecule has 146 valence electrons. The average molecular weight is 391 g/mol. The second-order valence-corrected chi connectivity index (χ2v) is 8.45. The summed E-state index contributed by atoms with van der Waals surface area (Å²) in [7, 11) is -2.24. The molecule has 0 amide bonds. The number of ether oxygens (including phenoxy) is 2. The summed E-state index contributed by atoms with van der Waals surface area (Å²) in [5.74, 6) is 1.27. The maximum Gasteiger partial charge on any atom is 0.264 e. The van der Waals surface area contributed by atoms with Gasteiger partial charge in [-0.1, -0.05) is 0 Å². The third-order valence-electron chi connectivity index (χ3n) is 4.81. The van der Waals surface area contributed by atoms with Crippen molar-refractivity contribution in [3.05, 3.63) is 47.0 Å². The molecule has 3 rings (SSSR count). The van der Waals surface area contributed by atoms with E-state index >= 15 is 0 Å². The standard InChI is InChI=1S/C20H25NO5S/c1-5-26-19-10-14(3)20(11-13(19)2)27(23,24)21-9-8-18(22)16-12-15(25-4)6-7-17(16)21/h6-7,10-12,18,22H,5,8-9H2,1-4H3. The Labute approximate surface area is 160 Å². The van der Waals surface area contributed by atoms with Crippen molar-refractivity contribution in [3.63, 3.8) is 0 Å². The van der Waals surface area contributed by atoms with E-state index in [1.54, 1.807) is 37.3 Å². The van der Waals surface area contributed by atoms with Crippen molar-refractivity contribution in [2.75, 3.05) is 24.6 Å². The molecule has 2 aromatic rings. The highest BCUT2D eigenvalue weighted by Gasteiger charge is 2.34. The number of methoxy groups -OCH3 is 1. The largest absolute Gasteiger partial charge is 0.497 e. The summed E-state index contributed by atoms with van der Waals surface area (Å²) in [5.41, 5.74) is 2.45. The van der Waals surface area contributed by atoms with Gasteiger partial charge >= 0.3 is 0 Å². The minimum atomic E-state index is -3.78. The number of rotatable bonds is 5. The molecule has 7 heteroatoms. The minimum Gasteiger partial charge on any atom is -0.497 e. The van der Waals surface area contributed by atoms with Crippen LogP contribution in [-0.4, -0.2) is 33.8 Å². The molecule has 1 heterocycles. The predicted molar refractivity (Wildman–Crippen MR) is 104 cm³/mol. The van der Waals surface area contributed by atoms with Crippen molar-refractivity contribution in [2.45, 2.75) is 38.2 Å². The lowest BCUT2D eigenvalue weighted by atomic mass is 10.0. The van der Waals surface area contributed by atoms with Crippen molar-refractivity contribution in [3.8, 4) is 11.5 Å². The highest BCUT2D eigenvalue weighted by molar-refractivity contribution is 7.92. The van der Waals surface area contributed by atoms with Crippen LogP contribution in [0.25, 0.3) is 0 Å². The van der Waals surface area contributed by atoms with Crippen molar-refractivity contribution >= 4 is 15.7 Å². The fourth-order valence-corrected chi connectivity index (χ4v) is 5.19. The van der Waals surface area contributed by atoms with Gasteiger partial charge in [-0.25, -0.2) is 8.42 Å². The van der Waals surface area contributed by atoms with Gasteiger partial charge in [-0.2, -0.15) is 0 Å². The lowest BCUT2D eigenvalue weighted by molar-refractivity contribution is 0.166. The maximum atomic E-state index is 13.4. The fraction of sp³-hybridized carbons (Fsp3) is 0.400. The quantitative estimate of drug-likeness (QED) is 0.846. The summed E-state index contributed by atoms with van der Waals surface area (Å²) in [6, 6.07) is 8.50. The van der Waals surface area contributed by atoms with Gasteiger partial charge in [0, 0.05) is 12.1 Å². The highest BCUT2D eigenvalue weighted by Crippen LogP contribution is 2.40. The molecule has 0 fully saturated rings. The van der Waals surface area contributed by atoms with E-state index in [0.717, 1.165) is 5.56 Å². The zero-order chi connectivity index (χ0) is 19.8. The number of anilines is 1. The van der Waals surface area contributed by atoms with E-state index < -0.39 is 16.1 Å². The average Bonchev–Trinajstić information content (AvgIpc) is 2.64. The summed E-state index contributed by atoms with van der Waals surface area (Å²) in [6.45, 7) is 6.23. The van der Waals surface area contributed by atoms with E-state index in [1.807, 2.05) is 13.8 Å². The maximum absolute atomic E-state index is 13.4. The molecule has 0 saturated heterocycles. The summed E-state index contributed by atoms with van der Waals surface area (Å²) < 4.78 is 39.0. The number of aryl methyl sites for hydroxylation is 2. The summed E-state index contributed by atoms with van der Waals surface area (Å²) in [6.07, 6.45) is -0.390.